The van der Waals surface area contributed by atoms with Crippen LogP contribution in [-0.4, -0.2) is 42.5 Å². The molecule has 1 saturated heterocycles. The number of carbonyl (C=O) groups excluding carboxylic acids is 1. The Morgan fingerprint density at radius 2 is 1.92 bits per heavy atom. The molecule has 3 rings (SSSR count). The molecule has 0 unspecified atom stereocenters. The number of hydrogen-bond donors (Lipinski definition) is 1. The third kappa shape index (κ3) is 4.14. The van der Waals surface area contributed by atoms with E-state index in [2.05, 4.69) is 10.2 Å². The van der Waals surface area contributed by atoms with Crippen molar-refractivity contribution in [3.8, 4) is 0 Å². The van der Waals surface area contributed by atoms with Gasteiger partial charge < -0.3 is 15.1 Å². The van der Waals surface area contributed by atoms with E-state index in [-0.39, 0.29) is 24.2 Å². The van der Waals surface area contributed by atoms with Crippen molar-refractivity contribution in [2.24, 2.45) is 0 Å². The standard InChI is InChI=1S/C19H21F2N3O/c1-23-9-10-24(18(13-23)14-5-3-2-4-6-14)19(25)22-12-15-11-16(20)7-8-17(15)21/h2-8,11,18H,9-10,12-13H2,1H3,(H,22,25)/t18-/m0/s1. The Kier molecular flexibility index (Phi) is 5.28. The van der Waals surface area contributed by atoms with Crippen molar-refractivity contribution < 1.29 is 13.6 Å². The summed E-state index contributed by atoms with van der Waals surface area (Å²) in [5, 5.41) is 2.71. The van der Waals surface area contributed by atoms with Crippen molar-refractivity contribution >= 4 is 6.03 Å². The summed E-state index contributed by atoms with van der Waals surface area (Å²) in [4.78, 5) is 16.6. The Bertz CT molecular complexity index is 739. The van der Waals surface area contributed by atoms with Crippen molar-refractivity contribution in [2.75, 3.05) is 26.7 Å². The monoisotopic (exact) mass is 345 g/mol. The largest absolute Gasteiger partial charge is 0.334 e. The highest BCUT2D eigenvalue weighted by Crippen LogP contribution is 2.24. The van der Waals surface area contributed by atoms with E-state index in [1.54, 1.807) is 4.90 Å². The molecule has 1 N–H and O–H groups in total. The van der Waals surface area contributed by atoms with Crippen LogP contribution in [0.25, 0.3) is 0 Å². The lowest BCUT2D eigenvalue weighted by molar-refractivity contribution is 0.108. The van der Waals surface area contributed by atoms with Crippen LogP contribution >= 0.6 is 0 Å². The van der Waals surface area contributed by atoms with Gasteiger partial charge in [-0.2, -0.15) is 0 Å². The molecular formula is C19H21F2N3O. The van der Waals surface area contributed by atoms with E-state index in [9.17, 15) is 13.6 Å². The fraction of sp³-hybridized carbons (Fsp3) is 0.316. The van der Waals surface area contributed by atoms with E-state index >= 15 is 0 Å². The minimum absolute atomic E-state index is 0.0454. The van der Waals surface area contributed by atoms with Crippen molar-refractivity contribution in [3.05, 3.63) is 71.3 Å². The minimum Gasteiger partial charge on any atom is -0.334 e. The summed E-state index contributed by atoms with van der Waals surface area (Å²) in [7, 11) is 2.02. The molecular weight excluding hydrogens is 324 g/mol. The number of amides is 2. The van der Waals surface area contributed by atoms with Crippen molar-refractivity contribution in [1.82, 2.24) is 15.1 Å². The van der Waals surface area contributed by atoms with Crippen LogP contribution < -0.4 is 5.32 Å². The molecule has 0 aliphatic carbocycles. The Morgan fingerprint density at radius 3 is 2.68 bits per heavy atom. The first-order chi connectivity index (χ1) is 12.0. The minimum atomic E-state index is -0.528. The van der Waals surface area contributed by atoms with Crippen molar-refractivity contribution in [2.45, 2.75) is 12.6 Å². The molecule has 2 aromatic carbocycles. The molecule has 1 heterocycles. The lowest BCUT2D eigenvalue weighted by Gasteiger charge is -2.40. The van der Waals surface area contributed by atoms with Crippen molar-refractivity contribution in [3.63, 3.8) is 0 Å². The number of rotatable bonds is 3. The van der Waals surface area contributed by atoms with Gasteiger partial charge in [0.25, 0.3) is 0 Å². The maximum atomic E-state index is 13.7. The maximum absolute atomic E-state index is 13.7. The number of nitrogens with one attached hydrogen (secondary N) is 1. The quantitative estimate of drug-likeness (QED) is 0.927. The van der Waals surface area contributed by atoms with Crippen LogP contribution in [-0.2, 0) is 6.54 Å². The summed E-state index contributed by atoms with van der Waals surface area (Å²) >= 11 is 0. The van der Waals surface area contributed by atoms with Gasteiger partial charge in [-0.3, -0.25) is 0 Å². The SMILES string of the molecule is CN1CCN(C(=O)NCc2cc(F)ccc2F)[C@H](c2ccccc2)C1. The summed E-state index contributed by atoms with van der Waals surface area (Å²) < 4.78 is 27.0. The van der Waals surface area contributed by atoms with E-state index in [4.69, 9.17) is 0 Å². The Hall–Kier alpha value is -2.47. The third-order valence-electron chi connectivity index (χ3n) is 4.47. The van der Waals surface area contributed by atoms with Crippen LogP contribution in [0.3, 0.4) is 0 Å². The second-order valence-electron chi connectivity index (χ2n) is 6.28. The molecule has 0 spiro atoms. The van der Waals surface area contributed by atoms with Gasteiger partial charge in [-0.15, -0.1) is 0 Å². The fourth-order valence-electron chi connectivity index (χ4n) is 3.07. The normalized spacial score (nSPS) is 18.2. The van der Waals surface area contributed by atoms with E-state index < -0.39 is 11.6 Å². The predicted molar refractivity (Wildman–Crippen MR) is 92.0 cm³/mol. The van der Waals surface area contributed by atoms with Gasteiger partial charge in [-0.25, -0.2) is 13.6 Å². The Balaban J connectivity index is 1.72. The molecule has 4 nitrogen and oxygen atoms in total. The Labute approximate surface area is 146 Å². The van der Waals surface area contributed by atoms with Gasteiger partial charge in [-0.1, -0.05) is 30.3 Å². The second kappa shape index (κ2) is 7.61. The first-order valence-corrected chi connectivity index (χ1v) is 8.26. The van der Waals surface area contributed by atoms with Gasteiger partial charge in [0, 0.05) is 31.7 Å². The number of halogens is 2. The molecule has 0 radical (unpaired) electrons. The molecule has 132 valence electrons. The lowest BCUT2D eigenvalue weighted by atomic mass is 10.0. The molecule has 6 heteroatoms. The van der Waals surface area contributed by atoms with E-state index in [0.29, 0.717) is 6.54 Å². The average Bonchev–Trinajstić information content (AvgIpc) is 2.63. The van der Waals surface area contributed by atoms with Crippen LogP contribution in [0.5, 0.6) is 0 Å². The predicted octanol–water partition coefficient (Wildman–Crippen LogP) is 3.16. The summed E-state index contributed by atoms with van der Waals surface area (Å²) in [6.45, 7) is 2.03. The van der Waals surface area contributed by atoms with Gasteiger partial charge in [0.05, 0.1) is 6.04 Å². The van der Waals surface area contributed by atoms with E-state index in [1.807, 2.05) is 37.4 Å². The van der Waals surface area contributed by atoms with Crippen LogP contribution in [0.2, 0.25) is 0 Å². The number of likely N-dealkylation sites (N-methyl/N-ethyl adjacent to an activating group) is 1. The zero-order valence-corrected chi connectivity index (χ0v) is 14.1. The second-order valence-corrected chi connectivity index (χ2v) is 6.28. The molecule has 1 aliphatic rings. The molecule has 2 aromatic rings. The van der Waals surface area contributed by atoms with Gasteiger partial charge in [0.1, 0.15) is 11.6 Å². The molecule has 1 atom stereocenters. The van der Waals surface area contributed by atoms with E-state index in [1.165, 1.54) is 0 Å². The summed E-state index contributed by atoms with van der Waals surface area (Å²) in [6.07, 6.45) is 0. The highest BCUT2D eigenvalue weighted by atomic mass is 19.1. The topological polar surface area (TPSA) is 35.6 Å². The van der Waals surface area contributed by atoms with Gasteiger partial charge in [0.15, 0.2) is 0 Å². The fourth-order valence-corrected chi connectivity index (χ4v) is 3.07. The van der Waals surface area contributed by atoms with Crippen LogP contribution in [0.1, 0.15) is 17.2 Å². The van der Waals surface area contributed by atoms with Gasteiger partial charge in [-0.05, 0) is 30.8 Å². The molecule has 1 fully saturated rings. The third-order valence-corrected chi connectivity index (χ3v) is 4.47. The summed E-state index contributed by atoms with van der Waals surface area (Å²) in [6, 6.07) is 12.7. The highest BCUT2D eigenvalue weighted by Gasteiger charge is 2.30. The first kappa shape index (κ1) is 17.4. The molecule has 2 amide bonds. The smallest absolute Gasteiger partial charge is 0.318 e. The van der Waals surface area contributed by atoms with Gasteiger partial charge >= 0.3 is 6.03 Å². The molecule has 0 aromatic heterocycles. The number of urea groups is 1. The summed E-state index contributed by atoms with van der Waals surface area (Å²) in [5.74, 6) is -1.05. The van der Waals surface area contributed by atoms with Crippen LogP contribution in [0.4, 0.5) is 13.6 Å². The zero-order chi connectivity index (χ0) is 17.8. The van der Waals surface area contributed by atoms with E-state index in [0.717, 1.165) is 36.9 Å². The number of carbonyl (C=O) groups is 1. The molecule has 0 bridgehead atoms. The van der Waals surface area contributed by atoms with Crippen molar-refractivity contribution in [1.29, 1.82) is 0 Å². The molecule has 25 heavy (non-hydrogen) atoms. The number of piperazine rings is 1. The lowest BCUT2D eigenvalue weighted by Crippen LogP contribution is -2.52. The maximum Gasteiger partial charge on any atom is 0.318 e. The summed E-state index contributed by atoms with van der Waals surface area (Å²) in [5.41, 5.74) is 1.19. The molecule has 0 saturated carbocycles. The number of hydrogen-bond acceptors (Lipinski definition) is 2. The van der Waals surface area contributed by atoms with Crippen LogP contribution in [0, 0.1) is 11.6 Å². The van der Waals surface area contributed by atoms with Gasteiger partial charge in [0.2, 0.25) is 0 Å². The Morgan fingerprint density at radius 1 is 1.16 bits per heavy atom. The number of benzene rings is 2. The zero-order valence-electron chi connectivity index (χ0n) is 14.1. The highest BCUT2D eigenvalue weighted by molar-refractivity contribution is 5.75. The van der Waals surface area contributed by atoms with Crippen LogP contribution in [0.15, 0.2) is 48.5 Å². The first-order valence-electron chi connectivity index (χ1n) is 8.26. The molecule has 1 aliphatic heterocycles. The average molecular weight is 345 g/mol. The number of nitrogens with zero attached hydrogens (tertiary/aromatic N) is 2.